The van der Waals surface area contributed by atoms with Crippen LogP contribution >= 0.6 is 0 Å². The molecule has 0 spiro atoms. The van der Waals surface area contributed by atoms with Crippen LogP contribution in [0, 0.1) is 29.7 Å². The Morgan fingerprint density at radius 1 is 0.958 bits per heavy atom. The Hall–Kier alpha value is 0.604. The molecule has 0 saturated heterocycles. The molecule has 0 heterocycles. The molecule has 24 heavy (non-hydrogen) atoms. The fraction of sp³-hybridized carbons (Fsp3) is 0.750. The molecule has 4 saturated carbocycles. The van der Waals surface area contributed by atoms with E-state index in [9.17, 15) is 0 Å². The minimum absolute atomic E-state index is 0. The molecule has 0 aromatic rings. The van der Waals surface area contributed by atoms with Crippen LogP contribution in [-0.4, -0.2) is 10.4 Å². The normalized spacial score (nSPS) is 38.0. The Morgan fingerprint density at radius 3 is 1.50 bits per heavy atom. The Kier molecular flexibility index (Phi) is 10.3. The molecule has 1 atom stereocenters. The van der Waals surface area contributed by atoms with Crippen LogP contribution in [0.25, 0.3) is 5.73 Å². The summed E-state index contributed by atoms with van der Waals surface area (Å²) in [6, 6.07) is 0. The second kappa shape index (κ2) is 10.1. The third-order valence-electron chi connectivity index (χ3n) is 6.27. The van der Waals surface area contributed by atoms with Crippen LogP contribution in [0.5, 0.6) is 0 Å². The molecule has 136 valence electrons. The molecule has 5 aliphatic carbocycles. The maximum Gasteiger partial charge on any atom is -0.0420 e. The number of rotatable bonds is 0. The van der Waals surface area contributed by atoms with Gasteiger partial charge in [-0.05, 0) is 37.0 Å². The van der Waals surface area contributed by atoms with E-state index in [2.05, 4.69) is 38.6 Å². The molecule has 0 aliphatic heterocycles. The molecule has 4 fully saturated rings. The summed E-state index contributed by atoms with van der Waals surface area (Å²) >= 11 is 1.75. The molecule has 0 amide bonds. The monoisotopic (exact) mass is 403 g/mol. The first kappa shape index (κ1) is 24.6. The Morgan fingerprint density at radius 2 is 1.33 bits per heavy atom. The molecular weight excluding hydrogens is 373 g/mol. The van der Waals surface area contributed by atoms with Crippen LogP contribution in [0.3, 0.4) is 0 Å². The second-order valence-corrected chi connectivity index (χ2v) is 8.00. The summed E-state index contributed by atoms with van der Waals surface area (Å²) in [4.78, 5) is 3.25. The van der Waals surface area contributed by atoms with Gasteiger partial charge in [-0.15, -0.1) is 12.5 Å². The molecule has 5 aliphatic rings. The van der Waals surface area contributed by atoms with Gasteiger partial charge in [0.25, 0.3) is 0 Å². The zero-order chi connectivity index (χ0) is 16.5. The fourth-order valence-corrected chi connectivity index (χ4v) is 5.27. The number of halogens is 2. The molecule has 1 unspecified atom stereocenters. The summed E-state index contributed by atoms with van der Waals surface area (Å²) in [7, 11) is 0. The van der Waals surface area contributed by atoms with E-state index in [4.69, 9.17) is 5.73 Å². The van der Waals surface area contributed by atoms with E-state index in [1.165, 1.54) is 55.2 Å². The second-order valence-electron chi connectivity index (χ2n) is 8.00. The van der Waals surface area contributed by atoms with Crippen LogP contribution in [0.1, 0.15) is 66.2 Å². The third-order valence-corrected chi connectivity index (χ3v) is 6.27. The van der Waals surface area contributed by atoms with E-state index in [0.717, 1.165) is 17.8 Å². The van der Waals surface area contributed by atoms with Crippen molar-refractivity contribution in [1.82, 2.24) is 0 Å². The topological polar surface area (TPSA) is 23.8 Å². The van der Waals surface area contributed by atoms with Gasteiger partial charge in [-0.1, -0.05) is 46.0 Å². The van der Waals surface area contributed by atoms with E-state index >= 15 is 0 Å². The number of allylic oxidation sites excluding steroid dienone is 4. The van der Waals surface area contributed by atoms with Crippen LogP contribution in [0.15, 0.2) is 16.7 Å². The largest absolute Gasteiger partial charge is 1.00 e. The summed E-state index contributed by atoms with van der Waals surface area (Å²) in [5, 5.41) is 0. The van der Waals surface area contributed by atoms with Gasteiger partial charge in [-0.3, -0.25) is 6.08 Å². The van der Waals surface area contributed by atoms with Gasteiger partial charge in [0.2, 0.25) is 0 Å². The Bertz CT molecular complexity index is 449. The SMILES string of the molecule is CC1=[C-]C(C)C(C)=C1C.[CH2]=[Ti+2].[Cl-].[Cl-].[NH-]C12CC3CC(CC(C3)C1)C2. The van der Waals surface area contributed by atoms with E-state index < -0.39 is 0 Å². The zero-order valence-corrected chi connectivity index (χ0v) is 18.6. The smallest absolute Gasteiger partial charge is 0.0420 e. The summed E-state index contributed by atoms with van der Waals surface area (Å²) in [6.45, 7) is 8.67. The number of nitrogens with one attached hydrogen (secondary N) is 1. The van der Waals surface area contributed by atoms with Crippen molar-refractivity contribution in [2.45, 2.75) is 71.8 Å². The van der Waals surface area contributed by atoms with Crippen molar-refractivity contribution < 1.29 is 44.8 Å². The van der Waals surface area contributed by atoms with Gasteiger partial charge in [0.1, 0.15) is 0 Å². The van der Waals surface area contributed by atoms with Gasteiger partial charge in [0.15, 0.2) is 0 Å². The van der Waals surface area contributed by atoms with Crippen LogP contribution in [0.2, 0.25) is 0 Å². The van der Waals surface area contributed by atoms with Crippen molar-refractivity contribution in [2.24, 2.45) is 23.7 Å². The van der Waals surface area contributed by atoms with E-state index in [1.807, 2.05) is 0 Å². The maximum absolute atomic E-state index is 8.21. The fourth-order valence-electron chi connectivity index (χ4n) is 5.27. The van der Waals surface area contributed by atoms with E-state index in [-0.39, 0.29) is 30.4 Å². The molecule has 0 aromatic heterocycles. The predicted octanol–water partition coefficient (Wildman–Crippen LogP) is -0.297. The van der Waals surface area contributed by atoms with Gasteiger partial charge in [0, 0.05) is 0 Å². The minimum Gasteiger partial charge on any atom is -1.00 e. The quantitative estimate of drug-likeness (QED) is 0.392. The number of hydrogen-bond acceptors (Lipinski definition) is 0. The van der Waals surface area contributed by atoms with Crippen LogP contribution in [0.4, 0.5) is 0 Å². The Labute approximate surface area is 173 Å². The Balaban J connectivity index is 0.000000378. The first-order valence-electron chi connectivity index (χ1n) is 8.74. The van der Waals surface area contributed by atoms with Gasteiger partial charge >= 0.3 is 24.8 Å². The molecule has 1 N–H and O–H groups in total. The van der Waals surface area contributed by atoms with Crippen LogP contribution < -0.4 is 24.8 Å². The third kappa shape index (κ3) is 5.55. The van der Waals surface area contributed by atoms with Gasteiger partial charge in [0.05, 0.1) is 0 Å². The van der Waals surface area contributed by atoms with E-state index in [0.29, 0.717) is 5.92 Å². The average molecular weight is 404 g/mol. The minimum atomic E-state index is 0. The summed E-state index contributed by atoms with van der Waals surface area (Å²) in [6.07, 6.45) is 11.5. The summed E-state index contributed by atoms with van der Waals surface area (Å²) in [5.41, 5.74) is 12.5. The van der Waals surface area contributed by atoms with E-state index in [1.54, 1.807) is 20.0 Å². The van der Waals surface area contributed by atoms with Crippen molar-refractivity contribution in [1.29, 1.82) is 0 Å². The molecule has 5 rings (SSSR count). The summed E-state index contributed by atoms with van der Waals surface area (Å²) < 4.78 is 0. The molecular formula is C20H31Cl2NTi-2. The molecule has 4 bridgehead atoms. The van der Waals surface area contributed by atoms with Crippen molar-refractivity contribution in [3.05, 3.63) is 28.5 Å². The van der Waals surface area contributed by atoms with Crippen molar-refractivity contribution in [2.75, 3.05) is 0 Å². The molecule has 4 heteroatoms. The first-order valence-corrected chi connectivity index (χ1v) is 9.85. The van der Waals surface area contributed by atoms with Crippen molar-refractivity contribution >= 4 is 4.82 Å². The molecule has 1 nitrogen and oxygen atoms in total. The van der Waals surface area contributed by atoms with Gasteiger partial charge < -0.3 is 30.5 Å². The van der Waals surface area contributed by atoms with Crippen molar-refractivity contribution in [3.63, 3.8) is 0 Å². The molecule has 0 aromatic carbocycles. The summed E-state index contributed by atoms with van der Waals surface area (Å²) in [5.74, 6) is 3.43. The van der Waals surface area contributed by atoms with Gasteiger partial charge in [-0.2, -0.15) is 11.1 Å². The van der Waals surface area contributed by atoms with Gasteiger partial charge in [-0.25, -0.2) is 5.57 Å². The predicted molar refractivity (Wildman–Crippen MR) is 92.3 cm³/mol. The molecule has 0 radical (unpaired) electrons. The standard InChI is InChI=1S/C10H16N.C9H13.CH2.2ClH.Ti/c11-10-4-7-1-8(5-10)3-9(2-7)6-10;1-6-5-7(2)9(4)8(6)3;;;;/h7-9,11H,1-6H2;6H,1-4H3;1H2;2*1H;/q2*-1;;;;+2/p-2. The zero-order valence-electron chi connectivity index (χ0n) is 15.5. The average Bonchev–Trinajstić information content (AvgIpc) is 2.66. The first-order chi connectivity index (χ1) is 10.4. The van der Waals surface area contributed by atoms with Crippen molar-refractivity contribution in [3.8, 4) is 0 Å². The van der Waals surface area contributed by atoms with Crippen LogP contribution in [-0.2, 0) is 20.0 Å². The maximum atomic E-state index is 8.21. The number of hydrogen-bond donors (Lipinski definition) is 0.